The fraction of sp³-hybridized carbons (Fsp3) is 0.444. The second kappa shape index (κ2) is 43.5. The van der Waals surface area contributed by atoms with Crippen LogP contribution in [0, 0.1) is 41.8 Å². The summed E-state index contributed by atoms with van der Waals surface area (Å²) >= 11 is 4.27. The molecule has 32 heteroatoms. The van der Waals surface area contributed by atoms with Crippen molar-refractivity contribution in [2.24, 2.45) is 4.99 Å². The largest absolute Gasteiger partial charge is 0.493 e. The molecule has 7 aromatic heterocycles. The number of aliphatic hydroxyl groups excluding tert-OH is 1. The number of amides is 5. The van der Waals surface area contributed by atoms with Gasteiger partial charge in [0, 0.05) is 58.4 Å². The molecule has 0 saturated heterocycles. The zero-order chi connectivity index (χ0) is 79.7. The summed E-state index contributed by atoms with van der Waals surface area (Å²) in [6, 6.07) is 13.8. The highest BCUT2D eigenvalue weighted by Crippen LogP contribution is 2.28. The van der Waals surface area contributed by atoms with E-state index in [1.165, 1.54) is 53.0 Å². The lowest BCUT2D eigenvalue weighted by Crippen LogP contribution is -2.27. The highest BCUT2D eigenvalue weighted by molar-refractivity contribution is 14.1. The van der Waals surface area contributed by atoms with Gasteiger partial charge in [-0.15, -0.1) is 0 Å². The summed E-state index contributed by atoms with van der Waals surface area (Å²) in [6.07, 6.45) is 9.12. The van der Waals surface area contributed by atoms with E-state index in [4.69, 9.17) is 59.2 Å². The topological polar surface area (TPSA) is 404 Å². The Morgan fingerprint density at radius 2 is 0.827 bits per heavy atom. The first-order valence-corrected chi connectivity index (χ1v) is 34.3. The third-order valence-corrected chi connectivity index (χ3v) is 13.3. The summed E-state index contributed by atoms with van der Waals surface area (Å²) in [4.78, 5) is 86.2. The smallest absolute Gasteiger partial charge is 0.434 e. The molecule has 10 N–H and O–H groups in total. The van der Waals surface area contributed by atoms with Gasteiger partial charge in [-0.1, -0.05) is 6.92 Å². The Morgan fingerprint density at radius 3 is 1.19 bits per heavy atom. The van der Waals surface area contributed by atoms with Crippen LogP contribution in [0.3, 0.4) is 0 Å². The van der Waals surface area contributed by atoms with Crippen molar-refractivity contribution >= 4 is 110 Å². The molecule has 7 heterocycles. The number of halogens is 2. The van der Waals surface area contributed by atoms with Crippen LogP contribution < -0.4 is 57.0 Å². The maximum absolute atomic E-state index is 11.7. The number of nitrogens with one attached hydrogen (secondary N) is 4. The maximum Gasteiger partial charge on any atom is 0.434 e. The number of nitrogens with zero attached hydrogens (tertiary/aromatic N) is 8. The molecule has 0 saturated carbocycles. The number of aryl methyl sites for hydroxylation is 6. The fourth-order valence-corrected chi connectivity index (χ4v) is 7.97. The molecule has 0 atom stereocenters. The first kappa shape index (κ1) is 92.4. The van der Waals surface area contributed by atoms with Gasteiger partial charge in [0.1, 0.15) is 33.4 Å². The van der Waals surface area contributed by atoms with Gasteiger partial charge in [-0.3, -0.25) is 51.2 Å². The number of hydrogen-bond acceptors (Lipinski definition) is 24. The lowest BCUT2D eigenvalue weighted by atomic mass is 10.2. The number of methoxy groups -OCH3 is 4. The van der Waals surface area contributed by atoms with Crippen molar-refractivity contribution in [2.45, 2.75) is 186 Å². The molecule has 7 rings (SSSR count). The van der Waals surface area contributed by atoms with Crippen LogP contribution in [0.4, 0.5) is 58.1 Å². The van der Waals surface area contributed by atoms with Crippen molar-refractivity contribution in [3.8, 4) is 23.0 Å². The molecule has 0 bridgehead atoms. The number of nitrogens with two attached hydrogens (primary N) is 2. The summed E-state index contributed by atoms with van der Waals surface area (Å²) in [5, 5.41) is 29.3. The minimum atomic E-state index is -0.698. The first-order chi connectivity index (χ1) is 48.0. The van der Waals surface area contributed by atoms with Gasteiger partial charge in [0.15, 0.2) is 23.0 Å². The number of carbonyl (C=O) groups is 5. The van der Waals surface area contributed by atoms with Crippen LogP contribution in [0.2, 0.25) is 0 Å². The van der Waals surface area contributed by atoms with Gasteiger partial charge in [-0.25, -0.2) is 24.0 Å². The van der Waals surface area contributed by atoms with Crippen LogP contribution >= 0.6 is 45.2 Å². The molecule has 0 spiro atoms. The maximum atomic E-state index is 11.7. The molecule has 0 aliphatic carbocycles. The van der Waals surface area contributed by atoms with Crippen molar-refractivity contribution in [3.63, 3.8) is 0 Å². The van der Waals surface area contributed by atoms with Gasteiger partial charge in [-0.2, -0.15) is 9.72 Å². The first-order valence-electron chi connectivity index (χ1n) is 32.1. The van der Waals surface area contributed by atoms with Crippen molar-refractivity contribution in [3.05, 3.63) is 144 Å². The average molecular weight is 1680 g/mol. The van der Waals surface area contributed by atoms with E-state index in [1.54, 1.807) is 97.6 Å². The van der Waals surface area contributed by atoms with E-state index >= 15 is 0 Å². The Kier molecular flexibility index (Phi) is 38.7. The Morgan fingerprint density at radius 1 is 0.471 bits per heavy atom. The van der Waals surface area contributed by atoms with Crippen molar-refractivity contribution < 1.29 is 76.9 Å². The lowest BCUT2D eigenvalue weighted by Gasteiger charge is -2.20. The number of hydrogen-bond donors (Lipinski definition) is 8. The van der Waals surface area contributed by atoms with E-state index in [-0.39, 0.29) is 12.4 Å². The summed E-state index contributed by atoms with van der Waals surface area (Å²) in [5.41, 5.74) is 17.5. The zero-order valence-electron chi connectivity index (χ0n) is 64.2. The number of rotatable bonds is 10. The number of aliphatic hydroxyl groups is 1. The monoisotopic (exact) mass is 1670 g/mol. The Hall–Kier alpha value is -9.58. The molecule has 7 aromatic rings. The van der Waals surface area contributed by atoms with Crippen LogP contribution in [0.1, 0.15) is 151 Å². The second-order valence-corrected chi connectivity index (χ2v) is 29.3. The number of nitrogen functional groups attached to an aromatic ring is 2. The molecule has 0 aromatic carbocycles. The van der Waals surface area contributed by atoms with Gasteiger partial charge in [0.25, 0.3) is 0 Å². The van der Waals surface area contributed by atoms with Crippen LogP contribution in [0.5, 0.6) is 23.0 Å². The predicted molar refractivity (Wildman–Crippen MR) is 418 cm³/mol. The van der Waals surface area contributed by atoms with Crippen LogP contribution in [-0.4, -0.2) is 132 Å². The molecule has 0 fully saturated rings. The highest BCUT2D eigenvalue weighted by Gasteiger charge is 2.22. The SMILES string of the molecule is CCc1cc(NC(=O)OC(C)(C)C)c(OC)cn1.COc1cn(O)c(C)cc1=NC(=O)OC(C)(C)C.COc1cnc(C)cc1NC(=O)OC(C)(C)C.COc1cnc(CO)cc1NC(=O)OC(C)(C)C.Cc1cc(N)c(I)cn1.Cc1cc(N)ccn1.Cc1cc(NC(=O)OC(C)(C)C)c(I)cn1. The minimum absolute atomic E-state index is 0.215. The summed E-state index contributed by atoms with van der Waals surface area (Å²) < 4.78 is 48.8. The molecular formula is C72H104I2N14O16. The minimum Gasteiger partial charge on any atom is -0.493 e. The van der Waals surface area contributed by atoms with Gasteiger partial charge in [0.05, 0.1) is 101 Å². The summed E-state index contributed by atoms with van der Waals surface area (Å²) in [7, 11) is 5.95. The number of pyridine rings is 7. The Balaban J connectivity index is 0.000000615. The van der Waals surface area contributed by atoms with Gasteiger partial charge in [-0.05, 0) is 239 Å². The zero-order valence-corrected chi connectivity index (χ0v) is 68.5. The third kappa shape index (κ3) is 40.3. The second-order valence-electron chi connectivity index (χ2n) is 27.0. The van der Waals surface area contributed by atoms with Crippen LogP contribution in [0.25, 0.3) is 0 Å². The predicted octanol–water partition coefficient (Wildman–Crippen LogP) is 15.4. The molecule has 0 aliphatic heterocycles. The molecule has 5 amide bonds. The number of ether oxygens (including phenoxy) is 9. The van der Waals surface area contributed by atoms with Gasteiger partial charge >= 0.3 is 30.5 Å². The van der Waals surface area contributed by atoms with E-state index in [0.717, 1.165) is 63.8 Å². The number of anilines is 6. The van der Waals surface area contributed by atoms with E-state index in [1.807, 2.05) is 115 Å². The third-order valence-electron chi connectivity index (χ3n) is 11.5. The van der Waals surface area contributed by atoms with E-state index in [0.29, 0.717) is 51.1 Å². The molecule has 572 valence electrons. The Labute approximate surface area is 637 Å². The van der Waals surface area contributed by atoms with Gasteiger partial charge in [0.2, 0.25) is 0 Å². The van der Waals surface area contributed by atoms with Crippen molar-refractivity contribution in [2.75, 3.05) is 61.2 Å². The van der Waals surface area contributed by atoms with E-state index < -0.39 is 58.5 Å². The Bertz CT molecular complexity index is 3900. The molecule has 0 radical (unpaired) electrons. The lowest BCUT2D eigenvalue weighted by molar-refractivity contribution is 0.0589. The van der Waals surface area contributed by atoms with E-state index in [2.05, 4.69) is 101 Å². The summed E-state index contributed by atoms with van der Waals surface area (Å²) in [6.45, 7) is 37.9. The van der Waals surface area contributed by atoms with Crippen molar-refractivity contribution in [1.29, 1.82) is 0 Å². The van der Waals surface area contributed by atoms with E-state index in [9.17, 15) is 29.2 Å². The molecule has 0 aliphatic rings. The number of aromatic nitrogens is 7. The van der Waals surface area contributed by atoms with Crippen molar-refractivity contribution in [1.82, 2.24) is 34.6 Å². The standard InChI is InChI=1S/C13H20N2O3.2C12H18N2O4.C12H18N2O3.C11H15IN2O2.C6H7IN2.C6H8N2/c1-6-9-7-10(11(17-5)8-14-9)15-12(16)18-13(2,3)4;1-12(2,3)18-11(16)14-9-5-8(7-15)13-6-10(9)17-4;1-8-6-9(10(17-5)7-14(8)16)13-11(15)18-12(2,3)4;1-8-6-9(10(16-5)7-13-8)14-11(15)17-12(2,3)4;1-7-5-9(8(12)6-13-7)14-10(15)16-11(2,3)4;1-4-2-6(8)5(7)3-9-4;1-5-4-6(7)2-3-8-5/h7-8H,6H2,1-5H3,(H,14,15,16);5-6,15H,7H2,1-4H3,(H,13,14,16);6-7,16H,1-5H3;6-7H,1-5H3,(H,13,14,15);5-6H,1-4H3,(H,13,14,15);2-3H,1H3,(H2,8,9);2-4H,1H3,(H2,7,8). The number of carbonyl (C=O) groups excluding carboxylic acids is 5. The van der Waals surface area contributed by atoms with Gasteiger partial charge < -0.3 is 64.4 Å². The molecular weight excluding hydrogens is 1570 g/mol. The average Bonchev–Trinajstić information content (AvgIpc) is 0.886. The molecule has 30 nitrogen and oxygen atoms in total. The highest BCUT2D eigenvalue weighted by atomic mass is 127. The van der Waals surface area contributed by atoms with Crippen LogP contribution in [-0.2, 0) is 36.7 Å². The summed E-state index contributed by atoms with van der Waals surface area (Å²) in [5.74, 6) is 1.70. The van der Waals surface area contributed by atoms with Crippen LogP contribution in [0.15, 0.2) is 96.9 Å². The molecule has 0 unspecified atom stereocenters. The normalized spacial score (nSPS) is 10.9. The molecule has 104 heavy (non-hydrogen) atoms. The fourth-order valence-electron chi connectivity index (χ4n) is 7.25. The quantitative estimate of drug-likeness (QED) is 0.0358.